The molecule has 1 aromatic rings. The molecule has 1 aliphatic carbocycles. The van der Waals surface area contributed by atoms with Gasteiger partial charge in [-0.15, -0.1) is 0 Å². The summed E-state index contributed by atoms with van der Waals surface area (Å²) in [5.41, 5.74) is 3.69. The Labute approximate surface area is 147 Å². The average molecular weight is 347 g/mol. The number of carbonyl (C=O) groups excluding carboxylic acids is 2. The highest BCUT2D eigenvalue weighted by Crippen LogP contribution is 2.28. The number of rotatable bonds is 4. The van der Waals surface area contributed by atoms with Crippen molar-refractivity contribution < 1.29 is 19.1 Å². The van der Waals surface area contributed by atoms with Crippen molar-refractivity contribution in [1.29, 1.82) is 0 Å². The summed E-state index contributed by atoms with van der Waals surface area (Å²) in [7, 11) is 3.01. The quantitative estimate of drug-likeness (QED) is 0.647. The number of hydrogen-bond acceptors (Lipinski definition) is 5. The number of anilines is 1. The van der Waals surface area contributed by atoms with E-state index in [0.717, 1.165) is 31.4 Å². The summed E-state index contributed by atoms with van der Waals surface area (Å²) in [6.45, 7) is 0. The van der Waals surface area contributed by atoms with Crippen LogP contribution in [0.4, 0.5) is 5.69 Å². The summed E-state index contributed by atoms with van der Waals surface area (Å²) in [5.74, 6) is -0.590. The largest absolute Gasteiger partial charge is 0.497 e. The molecule has 136 valence electrons. The predicted molar refractivity (Wildman–Crippen MR) is 96.1 cm³/mol. The zero-order valence-corrected chi connectivity index (χ0v) is 14.8. The number of ether oxygens (including phenoxy) is 2. The Morgan fingerprint density at radius 3 is 2.28 bits per heavy atom. The van der Waals surface area contributed by atoms with Gasteiger partial charge in [-0.3, -0.25) is 9.59 Å². The van der Waals surface area contributed by atoms with Crippen molar-refractivity contribution in [1.82, 2.24) is 5.43 Å². The maximum absolute atomic E-state index is 12.1. The number of amides is 2. The fraction of sp³-hybridized carbons (Fsp3) is 0.500. The van der Waals surface area contributed by atoms with Gasteiger partial charge < -0.3 is 14.8 Å². The van der Waals surface area contributed by atoms with Gasteiger partial charge in [0.2, 0.25) is 0 Å². The number of carbonyl (C=O) groups is 2. The van der Waals surface area contributed by atoms with E-state index < -0.39 is 11.8 Å². The van der Waals surface area contributed by atoms with Gasteiger partial charge >= 0.3 is 11.8 Å². The van der Waals surface area contributed by atoms with Gasteiger partial charge in [0.05, 0.1) is 19.9 Å². The van der Waals surface area contributed by atoms with Gasteiger partial charge in [0.25, 0.3) is 0 Å². The second kappa shape index (κ2) is 9.66. The fourth-order valence-electron chi connectivity index (χ4n) is 2.69. The third-order valence-electron chi connectivity index (χ3n) is 4.11. The fourth-order valence-corrected chi connectivity index (χ4v) is 2.69. The Morgan fingerprint density at radius 2 is 1.64 bits per heavy atom. The summed E-state index contributed by atoms with van der Waals surface area (Å²) < 4.78 is 10.3. The van der Waals surface area contributed by atoms with E-state index in [1.165, 1.54) is 33.5 Å². The lowest BCUT2D eigenvalue weighted by atomic mass is 9.99. The van der Waals surface area contributed by atoms with Crippen LogP contribution in [0.3, 0.4) is 0 Å². The summed E-state index contributed by atoms with van der Waals surface area (Å²) in [5, 5.41) is 6.64. The van der Waals surface area contributed by atoms with E-state index >= 15 is 0 Å². The standard InChI is InChI=1S/C18H25N3O4/c1-24-14-10-11-15(16(12-14)25-2)19-17(22)18(23)21-20-13-8-6-4-3-5-7-9-13/h10-12H,3-9H2,1-2H3,(H,19,22)(H,21,23). The monoisotopic (exact) mass is 347 g/mol. The molecule has 0 heterocycles. The molecule has 7 heteroatoms. The van der Waals surface area contributed by atoms with Crippen LogP contribution in [-0.2, 0) is 9.59 Å². The van der Waals surface area contributed by atoms with E-state index in [9.17, 15) is 9.59 Å². The first-order valence-corrected chi connectivity index (χ1v) is 8.53. The molecule has 25 heavy (non-hydrogen) atoms. The van der Waals surface area contributed by atoms with Crippen molar-refractivity contribution in [3.63, 3.8) is 0 Å². The molecule has 2 N–H and O–H groups in total. The lowest BCUT2D eigenvalue weighted by Gasteiger charge is -2.12. The molecular weight excluding hydrogens is 322 g/mol. The van der Waals surface area contributed by atoms with Crippen molar-refractivity contribution >= 4 is 23.2 Å². The van der Waals surface area contributed by atoms with Crippen LogP contribution >= 0.6 is 0 Å². The number of hydrogen-bond donors (Lipinski definition) is 2. The van der Waals surface area contributed by atoms with Crippen LogP contribution < -0.4 is 20.2 Å². The average Bonchev–Trinajstić information content (AvgIpc) is 2.60. The Bertz CT molecular complexity index is 633. The first kappa shape index (κ1) is 18.8. The van der Waals surface area contributed by atoms with E-state index in [-0.39, 0.29) is 0 Å². The van der Waals surface area contributed by atoms with Crippen molar-refractivity contribution in [2.75, 3.05) is 19.5 Å². The minimum Gasteiger partial charge on any atom is -0.497 e. The Hall–Kier alpha value is -2.57. The molecule has 7 nitrogen and oxygen atoms in total. The Balaban J connectivity index is 1.94. The first-order valence-electron chi connectivity index (χ1n) is 8.53. The topological polar surface area (TPSA) is 89.0 Å². The molecule has 1 saturated carbocycles. The van der Waals surface area contributed by atoms with Gasteiger partial charge in [0.15, 0.2) is 0 Å². The lowest BCUT2D eigenvalue weighted by Crippen LogP contribution is -2.33. The molecule has 1 fully saturated rings. The van der Waals surface area contributed by atoms with Crippen molar-refractivity contribution in [2.24, 2.45) is 5.10 Å². The number of hydrazone groups is 1. The summed E-state index contributed by atoms with van der Waals surface area (Å²) in [6.07, 6.45) is 7.51. The van der Waals surface area contributed by atoms with Crippen LogP contribution in [0.2, 0.25) is 0 Å². The second-order valence-corrected chi connectivity index (χ2v) is 5.91. The van der Waals surface area contributed by atoms with Crippen LogP contribution in [0.5, 0.6) is 11.5 Å². The minimum absolute atomic E-state index is 0.391. The molecule has 1 aromatic carbocycles. The molecular formula is C18H25N3O4. The maximum atomic E-state index is 12.1. The highest BCUT2D eigenvalue weighted by molar-refractivity contribution is 6.39. The van der Waals surface area contributed by atoms with Gasteiger partial charge in [-0.25, -0.2) is 5.43 Å². The molecule has 0 radical (unpaired) electrons. The molecule has 0 atom stereocenters. The minimum atomic E-state index is -0.799. The van der Waals surface area contributed by atoms with Gasteiger partial charge in [-0.05, 0) is 37.8 Å². The number of methoxy groups -OCH3 is 2. The molecule has 0 bridgehead atoms. The number of benzene rings is 1. The van der Waals surface area contributed by atoms with Crippen LogP contribution in [-0.4, -0.2) is 31.7 Å². The number of nitrogens with zero attached hydrogens (tertiary/aromatic N) is 1. The maximum Gasteiger partial charge on any atom is 0.329 e. The Kier molecular flexibility index (Phi) is 7.25. The van der Waals surface area contributed by atoms with E-state index in [1.54, 1.807) is 18.2 Å². The first-order chi connectivity index (χ1) is 12.1. The van der Waals surface area contributed by atoms with Gasteiger partial charge in [0, 0.05) is 11.8 Å². The van der Waals surface area contributed by atoms with Gasteiger partial charge in [-0.1, -0.05) is 19.3 Å². The van der Waals surface area contributed by atoms with Crippen molar-refractivity contribution in [3.05, 3.63) is 18.2 Å². The third kappa shape index (κ3) is 5.77. The summed E-state index contributed by atoms with van der Waals surface area (Å²) in [6, 6.07) is 4.91. The molecule has 0 saturated heterocycles. The van der Waals surface area contributed by atoms with Crippen LogP contribution in [0.15, 0.2) is 23.3 Å². The molecule has 1 aliphatic rings. The van der Waals surface area contributed by atoms with Crippen molar-refractivity contribution in [3.8, 4) is 11.5 Å². The predicted octanol–water partition coefficient (Wildman–Crippen LogP) is 2.86. The molecule has 2 amide bonds. The summed E-state index contributed by atoms with van der Waals surface area (Å²) >= 11 is 0. The zero-order valence-electron chi connectivity index (χ0n) is 14.8. The summed E-state index contributed by atoms with van der Waals surface area (Å²) in [4.78, 5) is 24.0. The zero-order chi connectivity index (χ0) is 18.1. The SMILES string of the molecule is COc1ccc(NC(=O)C(=O)NN=C2CCCCCCC2)c(OC)c1. The number of nitrogens with one attached hydrogen (secondary N) is 2. The normalized spacial score (nSPS) is 14.7. The van der Waals surface area contributed by atoms with E-state index in [0.29, 0.717) is 17.2 Å². The third-order valence-corrected chi connectivity index (χ3v) is 4.11. The van der Waals surface area contributed by atoms with E-state index in [4.69, 9.17) is 9.47 Å². The highest BCUT2D eigenvalue weighted by Gasteiger charge is 2.16. The molecule has 0 aliphatic heterocycles. The molecule has 0 spiro atoms. The van der Waals surface area contributed by atoms with Crippen molar-refractivity contribution in [2.45, 2.75) is 44.9 Å². The molecule has 0 aromatic heterocycles. The van der Waals surface area contributed by atoms with E-state index in [1.807, 2.05) is 0 Å². The lowest BCUT2D eigenvalue weighted by molar-refractivity contribution is -0.136. The molecule has 0 unspecified atom stereocenters. The highest BCUT2D eigenvalue weighted by atomic mass is 16.5. The second-order valence-electron chi connectivity index (χ2n) is 5.91. The van der Waals surface area contributed by atoms with Crippen LogP contribution in [0.1, 0.15) is 44.9 Å². The van der Waals surface area contributed by atoms with Gasteiger partial charge in [0.1, 0.15) is 11.5 Å². The van der Waals surface area contributed by atoms with Crippen LogP contribution in [0.25, 0.3) is 0 Å². The Morgan fingerprint density at radius 1 is 0.960 bits per heavy atom. The molecule has 2 rings (SSSR count). The van der Waals surface area contributed by atoms with E-state index in [2.05, 4.69) is 15.8 Å². The van der Waals surface area contributed by atoms with Crippen LogP contribution in [0, 0.1) is 0 Å². The smallest absolute Gasteiger partial charge is 0.329 e. The van der Waals surface area contributed by atoms with Gasteiger partial charge in [-0.2, -0.15) is 5.10 Å².